The molecule has 1 saturated carbocycles. The zero-order valence-electron chi connectivity index (χ0n) is 21.4. The molecule has 0 bridgehead atoms. The molecule has 0 spiro atoms. The SMILES string of the molecule is C=N/C=C(\C=C/N)CN1CCC(C(=O)N2CCC(n3c(=O)n(CC4CC4)c4cc(F)ccc43)CC2)CC1. The lowest BCUT2D eigenvalue weighted by molar-refractivity contribution is -0.138. The number of hydrogen-bond acceptors (Lipinski definition) is 5. The summed E-state index contributed by atoms with van der Waals surface area (Å²) in [7, 11) is 0. The lowest BCUT2D eigenvalue weighted by atomic mass is 9.93. The Morgan fingerprint density at radius 3 is 2.46 bits per heavy atom. The van der Waals surface area contributed by atoms with Crippen molar-refractivity contribution in [3.8, 4) is 0 Å². The number of halogens is 1. The molecule has 1 aromatic carbocycles. The van der Waals surface area contributed by atoms with Crippen LogP contribution in [0.2, 0.25) is 0 Å². The van der Waals surface area contributed by atoms with Crippen LogP contribution >= 0.6 is 0 Å². The van der Waals surface area contributed by atoms with E-state index in [1.165, 1.54) is 18.3 Å². The Labute approximate surface area is 216 Å². The van der Waals surface area contributed by atoms with Crippen molar-refractivity contribution in [1.29, 1.82) is 0 Å². The summed E-state index contributed by atoms with van der Waals surface area (Å²) in [6, 6.07) is 4.67. The van der Waals surface area contributed by atoms with Gasteiger partial charge < -0.3 is 10.6 Å². The lowest BCUT2D eigenvalue weighted by Gasteiger charge is -2.37. The molecule has 2 aliphatic heterocycles. The summed E-state index contributed by atoms with van der Waals surface area (Å²) in [5.41, 5.74) is 7.97. The molecule has 9 heteroatoms. The van der Waals surface area contributed by atoms with E-state index in [-0.39, 0.29) is 29.4 Å². The molecular formula is C28H37FN6O2. The molecule has 8 nitrogen and oxygen atoms in total. The summed E-state index contributed by atoms with van der Waals surface area (Å²) in [6.45, 7) is 7.92. The quantitative estimate of drug-likeness (QED) is 0.438. The first kappa shape index (κ1) is 25.4. The minimum absolute atomic E-state index is 0.0195. The van der Waals surface area contributed by atoms with Crippen molar-refractivity contribution < 1.29 is 9.18 Å². The number of likely N-dealkylation sites (tertiary alicyclic amines) is 2. The lowest BCUT2D eigenvalue weighted by Crippen LogP contribution is -2.46. The second kappa shape index (κ2) is 11.0. The van der Waals surface area contributed by atoms with Crippen molar-refractivity contribution >= 4 is 23.7 Å². The molecular weight excluding hydrogens is 471 g/mol. The van der Waals surface area contributed by atoms with Crippen molar-refractivity contribution in [3.63, 3.8) is 0 Å². The van der Waals surface area contributed by atoms with E-state index in [2.05, 4.69) is 16.6 Å². The normalized spacial score (nSPS) is 20.8. The van der Waals surface area contributed by atoms with Gasteiger partial charge in [-0.1, -0.05) is 0 Å². The number of amides is 1. The number of hydrogen-bond donors (Lipinski definition) is 1. The highest BCUT2D eigenvalue weighted by Gasteiger charge is 2.33. The fraction of sp³-hybridized carbons (Fsp3) is 0.536. The summed E-state index contributed by atoms with van der Waals surface area (Å²) >= 11 is 0. The average Bonchev–Trinajstić information content (AvgIpc) is 3.69. The number of benzene rings is 1. The molecule has 3 heterocycles. The number of nitrogens with zero attached hydrogens (tertiary/aromatic N) is 5. The van der Waals surface area contributed by atoms with E-state index in [0.717, 1.165) is 69.2 Å². The molecule has 2 saturated heterocycles. The van der Waals surface area contributed by atoms with Gasteiger partial charge in [0.25, 0.3) is 0 Å². The predicted molar refractivity (Wildman–Crippen MR) is 144 cm³/mol. The number of carbonyl (C=O) groups excluding carboxylic acids is 1. The maximum Gasteiger partial charge on any atom is 0.329 e. The van der Waals surface area contributed by atoms with Gasteiger partial charge in [0.15, 0.2) is 0 Å². The first-order chi connectivity index (χ1) is 18.0. The van der Waals surface area contributed by atoms with Gasteiger partial charge in [0.05, 0.1) is 11.0 Å². The Hall–Kier alpha value is -3.20. The molecule has 1 aromatic heterocycles. The number of fused-ring (bicyclic) bond motifs is 1. The molecule has 37 heavy (non-hydrogen) atoms. The van der Waals surface area contributed by atoms with E-state index in [1.54, 1.807) is 16.8 Å². The average molecular weight is 509 g/mol. The smallest absolute Gasteiger partial charge is 0.329 e. The molecule has 0 radical (unpaired) electrons. The van der Waals surface area contributed by atoms with Crippen LogP contribution in [0, 0.1) is 17.7 Å². The van der Waals surface area contributed by atoms with Gasteiger partial charge >= 0.3 is 5.69 Å². The Balaban J connectivity index is 1.20. The zero-order valence-corrected chi connectivity index (χ0v) is 21.4. The minimum atomic E-state index is -0.318. The Kier molecular flexibility index (Phi) is 7.60. The highest BCUT2D eigenvalue weighted by atomic mass is 19.1. The molecule has 5 rings (SSSR count). The first-order valence-corrected chi connectivity index (χ1v) is 13.4. The van der Waals surface area contributed by atoms with Gasteiger partial charge in [0.1, 0.15) is 5.82 Å². The van der Waals surface area contributed by atoms with E-state index in [1.807, 2.05) is 15.5 Å². The largest absolute Gasteiger partial charge is 0.405 e. The van der Waals surface area contributed by atoms with E-state index < -0.39 is 0 Å². The Morgan fingerprint density at radius 1 is 1.08 bits per heavy atom. The van der Waals surface area contributed by atoms with Crippen LogP contribution < -0.4 is 11.4 Å². The molecule has 0 atom stereocenters. The summed E-state index contributed by atoms with van der Waals surface area (Å²) in [5.74, 6) is 0.466. The van der Waals surface area contributed by atoms with Crippen LogP contribution in [0.25, 0.3) is 11.0 Å². The Bertz CT molecular complexity index is 1260. The van der Waals surface area contributed by atoms with Gasteiger partial charge in [-0.3, -0.25) is 23.8 Å². The van der Waals surface area contributed by atoms with Gasteiger partial charge in [-0.2, -0.15) is 0 Å². The monoisotopic (exact) mass is 508 g/mol. The highest BCUT2D eigenvalue weighted by molar-refractivity contribution is 5.79. The van der Waals surface area contributed by atoms with Crippen LogP contribution in [-0.4, -0.2) is 64.3 Å². The fourth-order valence-corrected chi connectivity index (χ4v) is 5.92. The van der Waals surface area contributed by atoms with Gasteiger partial charge in [-0.25, -0.2) is 9.18 Å². The molecule has 0 unspecified atom stereocenters. The van der Waals surface area contributed by atoms with Crippen LogP contribution in [0.15, 0.2) is 52.0 Å². The number of rotatable bonds is 8. The van der Waals surface area contributed by atoms with Gasteiger partial charge in [0, 0.05) is 44.3 Å². The summed E-state index contributed by atoms with van der Waals surface area (Å²) in [5, 5.41) is 0. The summed E-state index contributed by atoms with van der Waals surface area (Å²) in [6.07, 6.45) is 10.5. The van der Waals surface area contributed by atoms with E-state index in [9.17, 15) is 14.0 Å². The van der Waals surface area contributed by atoms with E-state index in [0.29, 0.717) is 31.1 Å². The highest BCUT2D eigenvalue weighted by Crippen LogP contribution is 2.33. The van der Waals surface area contributed by atoms with E-state index >= 15 is 0 Å². The number of carbonyl (C=O) groups is 1. The van der Waals surface area contributed by atoms with Crippen LogP contribution in [0.5, 0.6) is 0 Å². The number of nitrogens with two attached hydrogens (primary N) is 1. The van der Waals surface area contributed by atoms with Crippen molar-refractivity contribution in [3.05, 3.63) is 58.5 Å². The maximum atomic E-state index is 14.0. The summed E-state index contributed by atoms with van der Waals surface area (Å²) < 4.78 is 17.7. The summed E-state index contributed by atoms with van der Waals surface area (Å²) in [4.78, 5) is 34.9. The number of aromatic nitrogens is 2. The van der Waals surface area contributed by atoms with Crippen molar-refractivity contribution in [2.24, 2.45) is 22.6 Å². The topological polar surface area (TPSA) is 88.9 Å². The minimum Gasteiger partial charge on any atom is -0.405 e. The molecule has 2 aromatic rings. The third kappa shape index (κ3) is 5.56. The molecule has 3 aliphatic rings. The molecule has 1 aliphatic carbocycles. The number of piperidine rings is 2. The second-order valence-corrected chi connectivity index (χ2v) is 10.7. The fourth-order valence-electron chi connectivity index (χ4n) is 5.92. The Morgan fingerprint density at radius 2 is 1.81 bits per heavy atom. The van der Waals surface area contributed by atoms with Crippen molar-refractivity contribution in [2.75, 3.05) is 32.7 Å². The van der Waals surface area contributed by atoms with E-state index in [4.69, 9.17) is 5.73 Å². The number of imidazole rings is 1. The molecule has 2 N–H and O–H groups in total. The van der Waals surface area contributed by atoms with Gasteiger partial charge in [0.2, 0.25) is 5.91 Å². The molecule has 3 fully saturated rings. The van der Waals surface area contributed by atoms with Crippen molar-refractivity contribution in [2.45, 2.75) is 51.1 Å². The van der Waals surface area contributed by atoms with Crippen LogP contribution in [0.1, 0.15) is 44.6 Å². The molecule has 198 valence electrons. The predicted octanol–water partition coefficient (Wildman–Crippen LogP) is 3.28. The van der Waals surface area contributed by atoms with Gasteiger partial charge in [-0.05, 0) is 100 Å². The van der Waals surface area contributed by atoms with Crippen LogP contribution in [0.3, 0.4) is 0 Å². The third-order valence-electron chi connectivity index (χ3n) is 8.11. The van der Waals surface area contributed by atoms with Crippen LogP contribution in [0.4, 0.5) is 4.39 Å². The molecule has 1 amide bonds. The second-order valence-electron chi connectivity index (χ2n) is 10.7. The van der Waals surface area contributed by atoms with Crippen molar-refractivity contribution in [1.82, 2.24) is 18.9 Å². The van der Waals surface area contributed by atoms with Crippen LogP contribution in [-0.2, 0) is 11.3 Å². The maximum absolute atomic E-state index is 14.0. The zero-order chi connectivity index (χ0) is 25.9. The van der Waals surface area contributed by atoms with Gasteiger partial charge in [-0.15, -0.1) is 0 Å². The first-order valence-electron chi connectivity index (χ1n) is 13.4. The third-order valence-corrected chi connectivity index (χ3v) is 8.11. The standard InChI is InChI=1S/C28H37FN6O2/c1-31-17-21(6-11-30)18-32-12-7-22(8-13-32)27(36)33-14-9-24(10-15-33)35-25-5-4-23(29)16-26(25)34(28(35)37)19-20-2-3-20/h4-6,11,16-17,20,22,24H,1-3,7-10,12-15,18-19,30H2/b11-6-,21-17+. The number of aliphatic imine (C=N–C) groups is 1.